The van der Waals surface area contributed by atoms with Crippen molar-refractivity contribution < 1.29 is 53.2 Å². The van der Waals surface area contributed by atoms with Crippen molar-refractivity contribution in [1.82, 2.24) is 50.4 Å². The van der Waals surface area contributed by atoms with Crippen LogP contribution in [0.4, 0.5) is 4.79 Å². The standard InChI is InChI=1S/C57H48N14O11S6/c1-4-81-57(80)82-29-12-10-27(11-13-29)16-34-56(79)71-19-41(73)25(2)45(71)55-67-39(24-87-55)53-63-35(20-85-53)44-30(14-15-32(60-44)52-66-38(23-86-52)49(78)69-70-59)50-64-36(21-83-50)47(76)61-33(18-42(58)74)54-68-43(26(3)88-54)40(72)17-31(46(75)28-8-6-5-7-9-28)51-65-37(22-84-51)48(77)62-34/h5-15,20-25,31,33-34,41,45-46,73,75H,4,16-19H2,1-3H3,(H2,58,74)(H,61,76)(H,62,77)/t25-,31-,33-,34-,41-,45-,46+/m0/s1. The Labute approximate surface area is 523 Å². The lowest BCUT2D eigenvalue weighted by molar-refractivity contribution is -0.134. The summed E-state index contributed by atoms with van der Waals surface area (Å²) in [5.74, 6) is -5.61. The highest BCUT2D eigenvalue weighted by atomic mass is 32.1. The number of azide groups is 1. The van der Waals surface area contributed by atoms with Gasteiger partial charge in [0.1, 0.15) is 76.7 Å². The van der Waals surface area contributed by atoms with Gasteiger partial charge >= 0.3 is 6.16 Å². The minimum absolute atomic E-state index is 0.00342. The van der Waals surface area contributed by atoms with E-state index >= 15 is 4.79 Å². The maximum atomic E-state index is 15.3. The molecule has 5 amide bonds. The molecule has 6 N–H and O–H groups in total. The van der Waals surface area contributed by atoms with Crippen molar-refractivity contribution in [3.05, 3.63) is 158 Å². The van der Waals surface area contributed by atoms with E-state index in [9.17, 15) is 39.0 Å². The van der Waals surface area contributed by atoms with Crippen molar-refractivity contribution in [3.8, 4) is 49.1 Å². The summed E-state index contributed by atoms with van der Waals surface area (Å²) in [4.78, 5) is 134. The topological polar surface area (TPSA) is 371 Å². The zero-order valence-corrected chi connectivity index (χ0v) is 51.2. The van der Waals surface area contributed by atoms with Crippen LogP contribution in [0, 0.1) is 12.8 Å². The number of hydrogen-bond acceptors (Lipinski definition) is 24. The Kier molecular flexibility index (Phi) is 18.1. The monoisotopic (exact) mass is 1300 g/mol. The number of aliphatic hydroxyl groups excluding tert-OH is 2. The van der Waals surface area contributed by atoms with Crippen LogP contribution >= 0.6 is 68.0 Å². The molecule has 10 bridgehead atoms. The molecule has 9 heterocycles. The van der Waals surface area contributed by atoms with E-state index in [1.807, 2.05) is 0 Å². The number of fused-ring (bicyclic) bond motifs is 16. The van der Waals surface area contributed by atoms with Gasteiger partial charge in [-0.15, -0.1) is 68.0 Å². The number of hydrogen-bond donors (Lipinski definition) is 5. The molecule has 7 atom stereocenters. The lowest BCUT2D eigenvalue weighted by atomic mass is 9.90. The molecule has 1 saturated heterocycles. The number of aromatic nitrogens is 7. The number of primary amides is 1. The number of Topliss-reactive ketones (excluding diaryl/α,β-unsaturated/α-hetero) is 1. The van der Waals surface area contributed by atoms with Gasteiger partial charge in [0.25, 0.3) is 17.7 Å². The van der Waals surface area contributed by atoms with Crippen molar-refractivity contribution in [2.75, 3.05) is 13.2 Å². The summed E-state index contributed by atoms with van der Waals surface area (Å²) in [5, 5.41) is 42.4. The summed E-state index contributed by atoms with van der Waals surface area (Å²) in [6.45, 7) is 5.07. The molecule has 9 aromatic rings. The normalized spacial score (nSPS) is 19.2. The van der Waals surface area contributed by atoms with Crippen molar-refractivity contribution in [3.63, 3.8) is 0 Å². The second-order valence-electron chi connectivity index (χ2n) is 20.1. The maximum Gasteiger partial charge on any atom is 0.513 e. The number of nitrogens with zero attached hydrogens (tertiary/aromatic N) is 11. The van der Waals surface area contributed by atoms with Crippen LogP contribution in [-0.2, 0) is 20.7 Å². The predicted molar refractivity (Wildman–Crippen MR) is 327 cm³/mol. The molecule has 1 fully saturated rings. The summed E-state index contributed by atoms with van der Waals surface area (Å²) in [5.41, 5.74) is 17.3. The number of rotatable bonds is 10. The fourth-order valence-corrected chi connectivity index (χ4v) is 15.3. The minimum Gasteiger partial charge on any atom is -0.434 e. The molecule has 2 aliphatic rings. The van der Waals surface area contributed by atoms with Gasteiger partial charge in [0.2, 0.25) is 11.8 Å². The number of pyridine rings is 1. The average Bonchev–Trinajstić information content (AvgIpc) is 3.04. The third-order valence-corrected chi connectivity index (χ3v) is 19.9. The smallest absolute Gasteiger partial charge is 0.434 e. The number of amides is 5. The summed E-state index contributed by atoms with van der Waals surface area (Å²) in [6.07, 6.45) is -4.09. The van der Waals surface area contributed by atoms with Crippen LogP contribution < -0.4 is 21.1 Å². The van der Waals surface area contributed by atoms with Crippen LogP contribution in [0.1, 0.15) is 124 Å². The molecule has 7 aromatic heterocycles. The van der Waals surface area contributed by atoms with Gasteiger partial charge in [0.05, 0.1) is 48.0 Å². The largest absolute Gasteiger partial charge is 0.513 e. The van der Waals surface area contributed by atoms with Gasteiger partial charge < -0.3 is 41.0 Å². The molecular weight excluding hydrogens is 1250 g/mol. The van der Waals surface area contributed by atoms with E-state index in [1.54, 1.807) is 86.1 Å². The van der Waals surface area contributed by atoms with Crippen LogP contribution in [0.2, 0.25) is 0 Å². The van der Waals surface area contributed by atoms with Gasteiger partial charge in [-0.2, -0.15) is 0 Å². The Morgan fingerprint density at radius 2 is 1.42 bits per heavy atom. The van der Waals surface area contributed by atoms with E-state index < -0.39 is 90.1 Å². The fraction of sp³-hybridized carbons (Fsp3) is 0.263. The fourth-order valence-electron chi connectivity index (χ4n) is 9.95. The summed E-state index contributed by atoms with van der Waals surface area (Å²) >= 11 is 6.79. The van der Waals surface area contributed by atoms with E-state index in [2.05, 4.69) is 30.6 Å². The number of ketones is 1. The summed E-state index contributed by atoms with van der Waals surface area (Å²) in [6, 6.07) is 15.1. The Morgan fingerprint density at radius 1 is 0.761 bits per heavy atom. The van der Waals surface area contributed by atoms with E-state index in [-0.39, 0.29) is 64.5 Å². The number of nitrogens with one attached hydrogen (secondary N) is 2. The first-order chi connectivity index (χ1) is 42.4. The van der Waals surface area contributed by atoms with Crippen molar-refractivity contribution in [2.45, 2.75) is 76.3 Å². The molecule has 2 aromatic carbocycles. The third-order valence-electron chi connectivity index (χ3n) is 14.3. The molecule has 11 rings (SSSR count). The van der Waals surface area contributed by atoms with Gasteiger partial charge in [0.15, 0.2) is 5.78 Å². The Balaban J connectivity index is 1.01. The SMILES string of the molecule is CCOC(=O)Oc1ccc(C[C@@H]2NC(=O)c3csc(n3)[C@H]([C@H](O)c3ccccc3)CC(=O)c3nc(sc3C)[C@H](CC(N)=O)NC(=O)c3csc(n3)-c3ccc(-c4nc(C(=O)N=[N+]=[N-])cs4)nc3-c3csc(n3)-c3csc(n3)[C@@H]3[C@@H](C)[C@@H](O)CN3C2=O)cc1. The second kappa shape index (κ2) is 26.2. The average molecular weight is 1300 g/mol. The molecule has 448 valence electrons. The number of benzene rings is 2. The summed E-state index contributed by atoms with van der Waals surface area (Å²) in [7, 11) is 0. The van der Waals surface area contributed by atoms with E-state index in [1.165, 1.54) is 55.8 Å². The molecule has 0 unspecified atom stereocenters. The van der Waals surface area contributed by atoms with Crippen molar-refractivity contribution in [1.29, 1.82) is 0 Å². The van der Waals surface area contributed by atoms with E-state index in [0.717, 1.165) is 45.3 Å². The molecule has 0 saturated carbocycles. The zero-order chi connectivity index (χ0) is 61.9. The number of ether oxygens (including phenoxy) is 2. The van der Waals surface area contributed by atoms with Crippen LogP contribution in [0.25, 0.3) is 53.8 Å². The molecule has 0 spiro atoms. The zero-order valence-electron chi connectivity index (χ0n) is 46.3. The third kappa shape index (κ3) is 13.0. The molecule has 31 heteroatoms. The first-order valence-corrected chi connectivity index (χ1v) is 32.1. The molecule has 0 radical (unpaired) electrons. The lowest BCUT2D eigenvalue weighted by Crippen LogP contribution is -2.50. The lowest BCUT2D eigenvalue weighted by Gasteiger charge is -2.29. The van der Waals surface area contributed by atoms with Gasteiger partial charge in [-0.05, 0) is 59.9 Å². The van der Waals surface area contributed by atoms with Gasteiger partial charge in [-0.25, -0.2) is 39.7 Å². The van der Waals surface area contributed by atoms with Gasteiger partial charge in [-0.1, -0.05) is 49.4 Å². The Bertz CT molecular complexity index is 4210. The van der Waals surface area contributed by atoms with Crippen LogP contribution in [0.3, 0.4) is 0 Å². The van der Waals surface area contributed by atoms with E-state index in [4.69, 9.17) is 45.7 Å². The van der Waals surface area contributed by atoms with Crippen molar-refractivity contribution >= 4 is 109 Å². The summed E-state index contributed by atoms with van der Waals surface area (Å²) < 4.78 is 10.2. The number of carbonyl (C=O) groups excluding carboxylic acids is 7. The predicted octanol–water partition coefficient (Wildman–Crippen LogP) is 9.45. The van der Waals surface area contributed by atoms with Crippen LogP contribution in [0.5, 0.6) is 5.75 Å². The maximum absolute atomic E-state index is 15.3. The number of nitrogens with two attached hydrogens (primary N) is 1. The first-order valence-electron chi connectivity index (χ1n) is 26.9. The van der Waals surface area contributed by atoms with E-state index in [0.29, 0.717) is 64.4 Å². The van der Waals surface area contributed by atoms with Gasteiger partial charge in [-0.3, -0.25) is 28.8 Å². The Hall–Kier alpha value is -8.91. The highest BCUT2D eigenvalue weighted by Gasteiger charge is 2.45. The van der Waals surface area contributed by atoms with Crippen LogP contribution in [0.15, 0.2) is 98.7 Å². The van der Waals surface area contributed by atoms with Crippen molar-refractivity contribution in [2.24, 2.45) is 16.8 Å². The first kappa shape index (κ1) is 60.8. The quantitative estimate of drug-likeness (QED) is 0.0279. The number of carbonyl (C=O) groups is 7. The molecule has 25 nitrogen and oxygen atoms in total. The Morgan fingerprint density at radius 3 is 2.17 bits per heavy atom. The molecule has 0 aliphatic carbocycles. The number of aryl methyl sites for hydroxylation is 1. The van der Waals surface area contributed by atoms with Crippen LogP contribution in [-0.4, -0.2) is 117 Å². The number of aliphatic hydroxyl groups is 2. The molecule has 88 heavy (non-hydrogen) atoms. The second-order valence-corrected chi connectivity index (χ2v) is 25.7. The minimum atomic E-state index is -1.32. The number of thiazole rings is 6. The molecular formula is C57H48N14O11S6. The molecule has 2 aliphatic heterocycles. The highest BCUT2D eigenvalue weighted by molar-refractivity contribution is 7.15. The highest BCUT2D eigenvalue weighted by Crippen LogP contribution is 2.43. The van der Waals surface area contributed by atoms with Gasteiger partial charge in [0, 0.05) is 73.5 Å².